The van der Waals surface area contributed by atoms with Gasteiger partial charge in [0.05, 0.1) is 6.61 Å². The molecule has 0 fully saturated rings. The molecule has 14 heavy (non-hydrogen) atoms. The first kappa shape index (κ1) is 10.6. The molecule has 0 N–H and O–H groups in total. The Labute approximate surface area is 83.9 Å². The molecule has 0 unspecified atom stereocenters. The van der Waals surface area contributed by atoms with Crippen molar-refractivity contribution < 1.29 is 9.47 Å². The number of rotatable bonds is 5. The Hall–Kier alpha value is -1.53. The molecule has 74 valence electrons. The van der Waals surface area contributed by atoms with Crippen LogP contribution in [0.25, 0.3) is 0 Å². The number of methoxy groups -OCH3 is 1. The molecule has 3 nitrogen and oxygen atoms in total. The molecule has 0 atom stereocenters. The molecule has 0 bridgehead atoms. The molecule has 1 aromatic rings. The summed E-state index contributed by atoms with van der Waals surface area (Å²) in [5.41, 5.74) is 1.07. The minimum absolute atomic E-state index is 0.0873. The Morgan fingerprint density at radius 2 is 2.14 bits per heavy atom. The number of hydrogen-bond acceptors (Lipinski definition) is 3. The van der Waals surface area contributed by atoms with Gasteiger partial charge in [0.15, 0.2) is 6.61 Å². The molecule has 0 heterocycles. The maximum absolute atomic E-state index is 8.39. The molecule has 0 aromatic heterocycles. The summed E-state index contributed by atoms with van der Waals surface area (Å²) in [4.78, 5) is 0. The summed E-state index contributed by atoms with van der Waals surface area (Å²) in [6, 6.07) is 9.63. The van der Waals surface area contributed by atoms with Crippen molar-refractivity contribution in [1.82, 2.24) is 0 Å². The van der Waals surface area contributed by atoms with Gasteiger partial charge in [0.1, 0.15) is 11.8 Å². The van der Waals surface area contributed by atoms with Gasteiger partial charge in [-0.2, -0.15) is 5.26 Å². The zero-order chi connectivity index (χ0) is 10.2. The fourth-order valence-corrected chi connectivity index (χ4v) is 1.17. The number of nitrogens with zero attached hydrogens (tertiary/aromatic N) is 1. The Bertz CT molecular complexity index is 317. The largest absolute Gasteiger partial charge is 0.478 e. The first-order chi connectivity index (χ1) is 6.88. The summed E-state index contributed by atoms with van der Waals surface area (Å²) in [6.45, 7) is 0.747. The highest BCUT2D eigenvalue weighted by atomic mass is 16.5. The molecule has 0 radical (unpaired) electrons. The van der Waals surface area contributed by atoms with Crippen molar-refractivity contribution in [2.45, 2.75) is 6.42 Å². The molecular weight excluding hydrogens is 178 g/mol. The van der Waals surface area contributed by atoms with E-state index in [0.29, 0.717) is 6.61 Å². The van der Waals surface area contributed by atoms with Crippen LogP contribution in [0.4, 0.5) is 0 Å². The van der Waals surface area contributed by atoms with Gasteiger partial charge in [-0.3, -0.25) is 0 Å². The summed E-state index contributed by atoms with van der Waals surface area (Å²) in [7, 11) is 1.67. The molecule has 1 rings (SSSR count). The quantitative estimate of drug-likeness (QED) is 0.712. The van der Waals surface area contributed by atoms with Gasteiger partial charge < -0.3 is 9.47 Å². The number of benzene rings is 1. The van der Waals surface area contributed by atoms with E-state index in [2.05, 4.69) is 0 Å². The zero-order valence-corrected chi connectivity index (χ0v) is 8.19. The van der Waals surface area contributed by atoms with Gasteiger partial charge in [-0.15, -0.1) is 0 Å². The molecule has 0 spiro atoms. The Morgan fingerprint density at radius 1 is 1.36 bits per heavy atom. The van der Waals surface area contributed by atoms with Crippen LogP contribution in [-0.4, -0.2) is 20.3 Å². The molecule has 1 aromatic carbocycles. The fraction of sp³-hybridized carbons (Fsp3) is 0.364. The SMILES string of the molecule is COCCc1ccccc1OCC#N. The lowest BCUT2D eigenvalue weighted by Crippen LogP contribution is -2.00. The monoisotopic (exact) mass is 191 g/mol. The van der Waals surface area contributed by atoms with Gasteiger partial charge >= 0.3 is 0 Å². The van der Waals surface area contributed by atoms with Crippen molar-refractivity contribution >= 4 is 0 Å². The van der Waals surface area contributed by atoms with Gasteiger partial charge in [0.25, 0.3) is 0 Å². The summed E-state index contributed by atoms with van der Waals surface area (Å²) in [5, 5.41) is 8.39. The Morgan fingerprint density at radius 3 is 2.86 bits per heavy atom. The van der Waals surface area contributed by atoms with E-state index in [1.54, 1.807) is 7.11 Å². The number of hydrogen-bond donors (Lipinski definition) is 0. The molecule has 3 heteroatoms. The van der Waals surface area contributed by atoms with Crippen LogP contribution in [0, 0.1) is 11.3 Å². The number of nitriles is 1. The first-order valence-electron chi connectivity index (χ1n) is 4.45. The molecule has 0 aliphatic heterocycles. The van der Waals surface area contributed by atoms with E-state index in [1.807, 2.05) is 30.3 Å². The highest BCUT2D eigenvalue weighted by molar-refractivity contribution is 5.33. The molecule has 0 aliphatic carbocycles. The van der Waals surface area contributed by atoms with E-state index in [0.717, 1.165) is 17.7 Å². The summed E-state index contributed by atoms with van der Waals surface area (Å²) in [6.07, 6.45) is 0.804. The first-order valence-corrected chi connectivity index (χ1v) is 4.45. The van der Waals surface area contributed by atoms with Crippen LogP contribution in [0.2, 0.25) is 0 Å². The molecule has 0 saturated heterocycles. The van der Waals surface area contributed by atoms with Crippen LogP contribution in [0.5, 0.6) is 5.75 Å². The predicted molar refractivity (Wildman–Crippen MR) is 53.1 cm³/mol. The Kier molecular flexibility index (Phi) is 4.53. The lowest BCUT2D eigenvalue weighted by molar-refractivity contribution is 0.201. The third kappa shape index (κ3) is 3.08. The van der Waals surface area contributed by atoms with E-state index < -0.39 is 0 Å². The van der Waals surface area contributed by atoms with Crippen molar-refractivity contribution in [3.05, 3.63) is 29.8 Å². The smallest absolute Gasteiger partial charge is 0.174 e. The van der Waals surface area contributed by atoms with E-state index >= 15 is 0 Å². The number of ether oxygens (including phenoxy) is 2. The van der Waals surface area contributed by atoms with E-state index in [4.69, 9.17) is 14.7 Å². The van der Waals surface area contributed by atoms with Crippen molar-refractivity contribution in [3.63, 3.8) is 0 Å². The topological polar surface area (TPSA) is 42.2 Å². The molecule has 0 aliphatic rings. The predicted octanol–water partition coefficient (Wildman–Crippen LogP) is 1.78. The van der Waals surface area contributed by atoms with Gasteiger partial charge in [0.2, 0.25) is 0 Å². The van der Waals surface area contributed by atoms with E-state index in [-0.39, 0.29) is 6.61 Å². The molecule has 0 amide bonds. The van der Waals surface area contributed by atoms with E-state index in [1.165, 1.54) is 0 Å². The molecular formula is C11H13NO2. The maximum atomic E-state index is 8.39. The lowest BCUT2D eigenvalue weighted by Gasteiger charge is -2.07. The minimum Gasteiger partial charge on any atom is -0.478 e. The zero-order valence-electron chi connectivity index (χ0n) is 8.19. The van der Waals surface area contributed by atoms with Gasteiger partial charge in [-0.05, 0) is 18.1 Å². The standard InChI is InChI=1S/C11H13NO2/c1-13-8-6-10-4-2-3-5-11(10)14-9-7-12/h2-5H,6,8-9H2,1H3. The average Bonchev–Trinajstić information content (AvgIpc) is 2.24. The van der Waals surface area contributed by atoms with Crippen LogP contribution in [-0.2, 0) is 11.2 Å². The van der Waals surface area contributed by atoms with E-state index in [9.17, 15) is 0 Å². The van der Waals surface area contributed by atoms with Crippen LogP contribution in [0.3, 0.4) is 0 Å². The normalized spacial score (nSPS) is 9.43. The maximum Gasteiger partial charge on any atom is 0.174 e. The molecule has 0 saturated carbocycles. The van der Waals surface area contributed by atoms with Crippen molar-refractivity contribution in [2.75, 3.05) is 20.3 Å². The van der Waals surface area contributed by atoms with Crippen LogP contribution < -0.4 is 4.74 Å². The summed E-state index contributed by atoms with van der Waals surface area (Å²) >= 11 is 0. The highest BCUT2D eigenvalue weighted by Crippen LogP contribution is 2.18. The van der Waals surface area contributed by atoms with Crippen LogP contribution >= 0.6 is 0 Å². The Balaban J connectivity index is 2.65. The second-order valence-electron chi connectivity index (χ2n) is 2.80. The fourth-order valence-electron chi connectivity index (χ4n) is 1.17. The third-order valence-corrected chi connectivity index (χ3v) is 1.84. The number of para-hydroxylation sites is 1. The average molecular weight is 191 g/mol. The minimum atomic E-state index is 0.0873. The van der Waals surface area contributed by atoms with Gasteiger partial charge in [-0.25, -0.2) is 0 Å². The second-order valence-corrected chi connectivity index (χ2v) is 2.80. The third-order valence-electron chi connectivity index (χ3n) is 1.84. The highest BCUT2D eigenvalue weighted by Gasteiger charge is 2.01. The van der Waals surface area contributed by atoms with Crippen molar-refractivity contribution in [1.29, 1.82) is 5.26 Å². The van der Waals surface area contributed by atoms with Crippen molar-refractivity contribution in [3.8, 4) is 11.8 Å². The van der Waals surface area contributed by atoms with Crippen LogP contribution in [0.15, 0.2) is 24.3 Å². The van der Waals surface area contributed by atoms with Crippen LogP contribution in [0.1, 0.15) is 5.56 Å². The second kappa shape index (κ2) is 6.01. The summed E-state index contributed by atoms with van der Waals surface area (Å²) < 4.78 is 10.3. The van der Waals surface area contributed by atoms with Gasteiger partial charge in [0, 0.05) is 7.11 Å². The van der Waals surface area contributed by atoms with Crippen molar-refractivity contribution in [2.24, 2.45) is 0 Å². The van der Waals surface area contributed by atoms with Gasteiger partial charge in [-0.1, -0.05) is 18.2 Å². The lowest BCUT2D eigenvalue weighted by atomic mass is 10.1. The summed E-state index contributed by atoms with van der Waals surface area (Å²) in [5.74, 6) is 0.770.